The lowest BCUT2D eigenvalue weighted by atomic mass is 10.1. The van der Waals surface area contributed by atoms with Crippen molar-refractivity contribution in [1.82, 2.24) is 24.8 Å². The lowest BCUT2D eigenvalue weighted by Crippen LogP contribution is -2.48. The molecular formula is C25H25N5O2S. The van der Waals surface area contributed by atoms with Crippen LogP contribution in [0.5, 0.6) is 5.75 Å². The van der Waals surface area contributed by atoms with Gasteiger partial charge in [0.1, 0.15) is 16.5 Å². The topological polar surface area (TPSA) is 71.5 Å². The normalized spacial score (nSPS) is 14.5. The highest BCUT2D eigenvalue weighted by atomic mass is 32.1. The van der Waals surface area contributed by atoms with Gasteiger partial charge in [0.25, 0.3) is 5.91 Å². The van der Waals surface area contributed by atoms with Crippen molar-refractivity contribution in [1.29, 1.82) is 0 Å². The van der Waals surface area contributed by atoms with Crippen LogP contribution in [0.2, 0.25) is 0 Å². The van der Waals surface area contributed by atoms with E-state index in [9.17, 15) is 4.79 Å². The third kappa shape index (κ3) is 4.44. The molecule has 0 N–H and O–H groups in total. The van der Waals surface area contributed by atoms with Crippen molar-refractivity contribution in [3.8, 4) is 16.5 Å². The van der Waals surface area contributed by atoms with Crippen LogP contribution < -0.4 is 4.74 Å². The van der Waals surface area contributed by atoms with Gasteiger partial charge in [0.15, 0.2) is 5.69 Å². The summed E-state index contributed by atoms with van der Waals surface area (Å²) >= 11 is 1.53. The van der Waals surface area contributed by atoms with Crippen molar-refractivity contribution in [3.05, 3.63) is 71.7 Å². The second-order valence-electron chi connectivity index (χ2n) is 8.12. The summed E-state index contributed by atoms with van der Waals surface area (Å²) in [5.74, 6) is 0.810. The summed E-state index contributed by atoms with van der Waals surface area (Å²) in [6.07, 6.45) is 3.19. The molecule has 1 amide bonds. The van der Waals surface area contributed by atoms with Gasteiger partial charge in [0, 0.05) is 50.7 Å². The zero-order chi connectivity index (χ0) is 22.8. The number of carbonyl (C=O) groups is 1. The molecule has 0 atom stereocenters. The number of methoxy groups -OCH3 is 1. The van der Waals surface area contributed by atoms with E-state index in [0.717, 1.165) is 40.6 Å². The molecule has 1 saturated heterocycles. The number of para-hydroxylation sites is 1. The third-order valence-electron chi connectivity index (χ3n) is 5.89. The number of hydrogen-bond acceptors (Lipinski definition) is 7. The molecule has 1 fully saturated rings. The van der Waals surface area contributed by atoms with Crippen molar-refractivity contribution < 1.29 is 9.53 Å². The minimum atomic E-state index is -0.0925. The maximum Gasteiger partial charge on any atom is 0.274 e. The fourth-order valence-corrected chi connectivity index (χ4v) is 5.12. The third-order valence-corrected chi connectivity index (χ3v) is 6.93. The van der Waals surface area contributed by atoms with E-state index in [1.165, 1.54) is 22.5 Å². The molecular weight excluding hydrogens is 434 g/mol. The molecule has 8 heteroatoms. The quantitative estimate of drug-likeness (QED) is 0.449. The summed E-state index contributed by atoms with van der Waals surface area (Å²) in [6, 6.07) is 14.2. The first-order chi connectivity index (χ1) is 16.1. The highest BCUT2D eigenvalue weighted by Crippen LogP contribution is 2.30. The second-order valence-corrected chi connectivity index (χ2v) is 9.15. The highest BCUT2D eigenvalue weighted by molar-refractivity contribution is 7.21. The molecule has 0 radical (unpaired) electrons. The number of benzene rings is 2. The Balaban J connectivity index is 1.31. The van der Waals surface area contributed by atoms with Gasteiger partial charge in [-0.2, -0.15) is 0 Å². The smallest absolute Gasteiger partial charge is 0.274 e. The van der Waals surface area contributed by atoms with E-state index in [1.807, 2.05) is 35.2 Å². The van der Waals surface area contributed by atoms with Gasteiger partial charge in [0.2, 0.25) is 0 Å². The molecule has 1 aliphatic rings. The Kier molecular flexibility index (Phi) is 6.02. The molecule has 0 unspecified atom stereocenters. The average molecular weight is 460 g/mol. The van der Waals surface area contributed by atoms with Crippen molar-refractivity contribution in [2.24, 2.45) is 0 Å². The van der Waals surface area contributed by atoms with Crippen LogP contribution in [-0.2, 0) is 6.54 Å². The number of fused-ring (bicyclic) bond motifs is 1. The van der Waals surface area contributed by atoms with Crippen molar-refractivity contribution in [2.45, 2.75) is 13.5 Å². The minimum absolute atomic E-state index is 0.0925. The summed E-state index contributed by atoms with van der Waals surface area (Å²) in [7, 11) is 1.70. The monoisotopic (exact) mass is 459 g/mol. The number of carbonyl (C=O) groups excluding carboxylic acids is 1. The maximum absolute atomic E-state index is 13.4. The molecule has 2 aromatic heterocycles. The first kappa shape index (κ1) is 21.5. The number of hydrogen-bond donors (Lipinski definition) is 0. The SMILES string of the molecule is COc1ccc(C)cc1CN1CCN(C(=O)c2nccnc2-c2nc3ccccc3s2)CC1. The van der Waals surface area contributed by atoms with Crippen molar-refractivity contribution in [2.75, 3.05) is 33.3 Å². The van der Waals surface area contributed by atoms with E-state index in [2.05, 4.69) is 38.9 Å². The Morgan fingerprint density at radius 2 is 1.85 bits per heavy atom. The molecule has 7 nitrogen and oxygen atoms in total. The van der Waals surface area contributed by atoms with Crippen molar-refractivity contribution >= 4 is 27.5 Å². The van der Waals surface area contributed by atoms with E-state index in [0.29, 0.717) is 24.5 Å². The van der Waals surface area contributed by atoms with Gasteiger partial charge < -0.3 is 9.64 Å². The van der Waals surface area contributed by atoms with E-state index < -0.39 is 0 Å². The van der Waals surface area contributed by atoms with Crippen molar-refractivity contribution in [3.63, 3.8) is 0 Å². The van der Waals surface area contributed by atoms with E-state index in [1.54, 1.807) is 19.5 Å². The Bertz CT molecular complexity index is 1260. The number of nitrogens with zero attached hydrogens (tertiary/aromatic N) is 5. The molecule has 5 rings (SSSR count). The summed E-state index contributed by atoms with van der Waals surface area (Å²) in [5.41, 5.74) is 4.21. The number of piperazine rings is 1. The first-order valence-electron chi connectivity index (χ1n) is 10.9. The van der Waals surface area contributed by atoms with Crippen LogP contribution in [0.3, 0.4) is 0 Å². The number of rotatable bonds is 5. The highest BCUT2D eigenvalue weighted by Gasteiger charge is 2.27. The largest absolute Gasteiger partial charge is 0.496 e. The number of amides is 1. The van der Waals surface area contributed by atoms with Gasteiger partial charge in [-0.05, 0) is 25.1 Å². The number of aromatic nitrogens is 3. The second kappa shape index (κ2) is 9.25. The van der Waals surface area contributed by atoms with Crippen LogP contribution >= 0.6 is 11.3 Å². The Hall–Kier alpha value is -3.36. The standard InChI is InChI=1S/C25H25N5O2S/c1-17-7-8-20(32-2)18(15-17)16-29-11-13-30(14-12-29)25(31)23-22(26-9-10-27-23)24-28-19-5-3-4-6-21(19)33-24/h3-10,15H,11-14,16H2,1-2H3. The van der Waals surface area contributed by atoms with Crippen LogP contribution in [0.25, 0.3) is 20.9 Å². The predicted molar refractivity (Wildman–Crippen MR) is 130 cm³/mol. The van der Waals surface area contributed by atoms with Crippen LogP contribution in [0.4, 0.5) is 0 Å². The Morgan fingerprint density at radius 1 is 1.06 bits per heavy atom. The number of thiazole rings is 1. The van der Waals surface area contributed by atoms with Crippen LogP contribution in [0.1, 0.15) is 21.6 Å². The van der Waals surface area contributed by atoms with Crippen LogP contribution in [0, 0.1) is 6.92 Å². The molecule has 0 saturated carbocycles. The Labute approximate surface area is 196 Å². The predicted octanol–water partition coefficient (Wildman–Crippen LogP) is 4.03. The van der Waals surface area contributed by atoms with Gasteiger partial charge in [-0.25, -0.2) is 15.0 Å². The molecule has 168 valence electrons. The van der Waals surface area contributed by atoms with Gasteiger partial charge in [0.05, 0.1) is 17.3 Å². The summed E-state index contributed by atoms with van der Waals surface area (Å²) in [4.78, 5) is 31.2. The van der Waals surface area contributed by atoms with Gasteiger partial charge in [-0.1, -0.05) is 29.8 Å². The molecule has 3 heterocycles. The first-order valence-corrected chi connectivity index (χ1v) is 11.8. The van der Waals surface area contributed by atoms with E-state index in [-0.39, 0.29) is 5.91 Å². The van der Waals surface area contributed by atoms with Crippen LogP contribution in [0.15, 0.2) is 54.9 Å². The van der Waals surface area contributed by atoms with E-state index >= 15 is 0 Å². The van der Waals surface area contributed by atoms with Crippen LogP contribution in [-0.4, -0.2) is 63.9 Å². The number of aryl methyl sites for hydroxylation is 1. The molecule has 33 heavy (non-hydrogen) atoms. The average Bonchev–Trinajstić information content (AvgIpc) is 3.28. The number of ether oxygens (including phenoxy) is 1. The zero-order valence-corrected chi connectivity index (χ0v) is 19.5. The van der Waals surface area contributed by atoms with E-state index in [4.69, 9.17) is 4.74 Å². The molecule has 0 aliphatic carbocycles. The summed E-state index contributed by atoms with van der Waals surface area (Å²) < 4.78 is 6.59. The summed E-state index contributed by atoms with van der Waals surface area (Å²) in [5, 5.41) is 0.720. The fraction of sp³-hybridized carbons (Fsp3) is 0.280. The lowest BCUT2D eigenvalue weighted by Gasteiger charge is -2.35. The minimum Gasteiger partial charge on any atom is -0.496 e. The molecule has 0 spiro atoms. The summed E-state index contributed by atoms with van der Waals surface area (Å²) in [6.45, 7) is 5.75. The fourth-order valence-electron chi connectivity index (χ4n) is 4.16. The zero-order valence-electron chi connectivity index (χ0n) is 18.7. The van der Waals surface area contributed by atoms with Gasteiger partial charge in [-0.15, -0.1) is 11.3 Å². The molecule has 4 aromatic rings. The van der Waals surface area contributed by atoms with Gasteiger partial charge in [-0.3, -0.25) is 9.69 Å². The maximum atomic E-state index is 13.4. The Morgan fingerprint density at radius 3 is 2.64 bits per heavy atom. The lowest BCUT2D eigenvalue weighted by molar-refractivity contribution is 0.0622. The molecule has 1 aliphatic heterocycles. The van der Waals surface area contributed by atoms with Gasteiger partial charge >= 0.3 is 0 Å². The molecule has 0 bridgehead atoms. The molecule has 2 aromatic carbocycles.